The number of hydrogen-bond donors (Lipinski definition) is 2. The second-order valence-corrected chi connectivity index (χ2v) is 6.86. The Morgan fingerprint density at radius 1 is 0.538 bits per heavy atom. The van der Waals surface area contributed by atoms with Crippen LogP contribution in [-0.2, 0) is 0 Å². The average molecular weight is 342 g/mol. The van der Waals surface area contributed by atoms with Crippen molar-refractivity contribution in [3.05, 3.63) is 117 Å². The highest BCUT2D eigenvalue weighted by atomic mass is 16.3. The van der Waals surface area contributed by atoms with Crippen LogP contribution in [0, 0.1) is 0 Å². The minimum absolute atomic E-state index is 0.0299. The van der Waals surface area contributed by atoms with Crippen LogP contribution in [0.2, 0.25) is 0 Å². The molecule has 0 amide bonds. The zero-order chi connectivity index (χ0) is 17.9. The lowest BCUT2D eigenvalue weighted by atomic mass is 9.90. The van der Waals surface area contributed by atoms with Gasteiger partial charge < -0.3 is 10.2 Å². The Morgan fingerprint density at radius 2 is 0.885 bits per heavy atom. The standard InChI is InChI=1S/C24H22O2/c25-15-21-11-17-5-1-3-7-19(9-17)13-23(21)24-14-20-8-4-2-6-18(10-20)12-22(24)16-26/h1-8,11-14,25-26H,9-10,15-16H2. The van der Waals surface area contributed by atoms with E-state index < -0.39 is 0 Å². The molecule has 0 atom stereocenters. The molecule has 0 aliphatic heterocycles. The smallest absolute Gasteiger partial charge is 0.0687 e. The normalized spacial score (nSPS) is 21.5. The van der Waals surface area contributed by atoms with Gasteiger partial charge in [0.1, 0.15) is 0 Å². The molecule has 2 nitrogen and oxygen atoms in total. The van der Waals surface area contributed by atoms with E-state index in [0.29, 0.717) is 0 Å². The predicted octanol–water partition coefficient (Wildman–Crippen LogP) is 4.33. The van der Waals surface area contributed by atoms with E-state index in [4.69, 9.17) is 0 Å². The summed E-state index contributed by atoms with van der Waals surface area (Å²) in [6.45, 7) is -0.0598. The van der Waals surface area contributed by atoms with E-state index >= 15 is 0 Å². The molecule has 0 saturated carbocycles. The molecular weight excluding hydrogens is 320 g/mol. The molecule has 0 heterocycles. The molecule has 0 fully saturated rings. The Bertz CT molecular complexity index is 857. The average Bonchev–Trinajstić information content (AvgIpc) is 3.14. The van der Waals surface area contributed by atoms with Gasteiger partial charge in [-0.25, -0.2) is 0 Å². The van der Waals surface area contributed by atoms with E-state index in [1.54, 1.807) is 0 Å². The van der Waals surface area contributed by atoms with Gasteiger partial charge in [0.2, 0.25) is 0 Å². The summed E-state index contributed by atoms with van der Waals surface area (Å²) < 4.78 is 0. The number of allylic oxidation sites excluding steroid dienone is 16. The third kappa shape index (κ3) is 3.34. The van der Waals surface area contributed by atoms with Gasteiger partial charge in [0.15, 0.2) is 0 Å². The molecule has 130 valence electrons. The minimum Gasteiger partial charge on any atom is -0.392 e. The van der Waals surface area contributed by atoms with Gasteiger partial charge in [-0.15, -0.1) is 0 Å². The highest BCUT2D eigenvalue weighted by molar-refractivity contribution is 5.66. The van der Waals surface area contributed by atoms with Crippen LogP contribution in [0.1, 0.15) is 12.8 Å². The maximum atomic E-state index is 10.0. The lowest BCUT2D eigenvalue weighted by Crippen LogP contribution is -2.04. The molecule has 0 radical (unpaired) electrons. The first-order chi connectivity index (χ1) is 12.8. The molecule has 0 saturated heterocycles. The maximum absolute atomic E-state index is 10.0. The molecular formula is C24H22O2. The number of hydrogen-bond acceptors (Lipinski definition) is 2. The summed E-state index contributed by atoms with van der Waals surface area (Å²) in [6.07, 6.45) is 26.8. The van der Waals surface area contributed by atoms with Gasteiger partial charge in [-0.2, -0.15) is 0 Å². The van der Waals surface area contributed by atoms with Crippen molar-refractivity contribution >= 4 is 0 Å². The first-order valence-corrected chi connectivity index (χ1v) is 8.97. The first kappa shape index (κ1) is 16.8. The fourth-order valence-corrected chi connectivity index (χ4v) is 3.74. The van der Waals surface area contributed by atoms with Crippen molar-refractivity contribution in [2.45, 2.75) is 12.8 Å². The molecule has 2 N–H and O–H groups in total. The number of aliphatic hydroxyl groups is 2. The van der Waals surface area contributed by atoms with Crippen molar-refractivity contribution < 1.29 is 10.2 Å². The lowest BCUT2D eigenvalue weighted by Gasteiger charge is -2.16. The van der Waals surface area contributed by atoms with E-state index in [1.807, 2.05) is 24.3 Å². The zero-order valence-electron chi connectivity index (χ0n) is 14.7. The quantitative estimate of drug-likeness (QED) is 0.801. The Hall–Kier alpha value is -2.68. The van der Waals surface area contributed by atoms with E-state index in [2.05, 4.69) is 48.6 Å². The van der Waals surface area contributed by atoms with Crippen molar-refractivity contribution in [2.75, 3.05) is 13.2 Å². The minimum atomic E-state index is -0.0299. The second-order valence-electron chi connectivity index (χ2n) is 6.86. The topological polar surface area (TPSA) is 40.5 Å². The number of aliphatic hydroxyl groups excluding tert-OH is 2. The molecule has 0 spiro atoms. The molecule has 0 aromatic heterocycles. The van der Waals surface area contributed by atoms with Crippen molar-refractivity contribution in [2.24, 2.45) is 0 Å². The van der Waals surface area contributed by atoms with Crippen molar-refractivity contribution in [3.63, 3.8) is 0 Å². The highest BCUT2D eigenvalue weighted by Crippen LogP contribution is 2.37. The third-order valence-electron chi connectivity index (χ3n) is 4.98. The third-order valence-corrected chi connectivity index (χ3v) is 4.98. The van der Waals surface area contributed by atoms with Crippen LogP contribution in [-0.4, -0.2) is 23.4 Å². The molecule has 0 aromatic rings. The van der Waals surface area contributed by atoms with Gasteiger partial charge in [-0.1, -0.05) is 72.9 Å². The molecule has 26 heavy (non-hydrogen) atoms. The van der Waals surface area contributed by atoms with Crippen molar-refractivity contribution in [1.29, 1.82) is 0 Å². The van der Waals surface area contributed by atoms with Gasteiger partial charge in [0, 0.05) is 0 Å². The summed E-state index contributed by atoms with van der Waals surface area (Å²) in [5, 5.41) is 20.1. The molecule has 4 bridgehead atoms. The molecule has 2 heteroatoms. The summed E-state index contributed by atoms with van der Waals surface area (Å²) in [4.78, 5) is 0. The zero-order valence-corrected chi connectivity index (χ0v) is 14.7. The number of rotatable bonds is 3. The second kappa shape index (κ2) is 7.28. The van der Waals surface area contributed by atoms with E-state index in [-0.39, 0.29) is 13.2 Å². The Balaban J connectivity index is 1.91. The fourth-order valence-electron chi connectivity index (χ4n) is 3.74. The molecule has 4 aliphatic carbocycles. The first-order valence-electron chi connectivity index (χ1n) is 8.97. The molecule has 0 unspecified atom stereocenters. The largest absolute Gasteiger partial charge is 0.392 e. The molecule has 4 rings (SSSR count). The number of fused-ring (bicyclic) bond motifs is 4. The SMILES string of the molecule is OCC1=CC2=CC=CC=C(C=C1C1=CC3=CC=CC=C(C=C1CO)C3)C2. The highest BCUT2D eigenvalue weighted by Gasteiger charge is 2.21. The predicted molar refractivity (Wildman–Crippen MR) is 106 cm³/mol. The van der Waals surface area contributed by atoms with Crippen LogP contribution >= 0.6 is 0 Å². The van der Waals surface area contributed by atoms with Gasteiger partial charge in [-0.05, 0) is 57.4 Å². The van der Waals surface area contributed by atoms with Gasteiger partial charge >= 0.3 is 0 Å². The summed E-state index contributed by atoms with van der Waals surface area (Å²) in [6, 6.07) is 0. The summed E-state index contributed by atoms with van der Waals surface area (Å²) in [7, 11) is 0. The summed E-state index contributed by atoms with van der Waals surface area (Å²) in [5.41, 5.74) is 8.54. The van der Waals surface area contributed by atoms with Crippen LogP contribution < -0.4 is 0 Å². The van der Waals surface area contributed by atoms with Gasteiger partial charge in [-0.3, -0.25) is 0 Å². The maximum Gasteiger partial charge on any atom is 0.0687 e. The van der Waals surface area contributed by atoms with Gasteiger partial charge in [0.25, 0.3) is 0 Å². The van der Waals surface area contributed by atoms with Crippen LogP contribution in [0.5, 0.6) is 0 Å². The Morgan fingerprint density at radius 3 is 1.23 bits per heavy atom. The fraction of sp³-hybridized carbons (Fsp3) is 0.167. The summed E-state index contributed by atoms with van der Waals surface area (Å²) >= 11 is 0. The van der Waals surface area contributed by atoms with E-state index in [1.165, 1.54) is 22.3 Å². The van der Waals surface area contributed by atoms with Gasteiger partial charge in [0.05, 0.1) is 13.2 Å². The van der Waals surface area contributed by atoms with Crippen molar-refractivity contribution in [3.8, 4) is 0 Å². The Kier molecular flexibility index (Phi) is 4.70. The van der Waals surface area contributed by atoms with E-state index in [0.717, 1.165) is 35.1 Å². The van der Waals surface area contributed by atoms with Crippen LogP contribution in [0.3, 0.4) is 0 Å². The monoisotopic (exact) mass is 342 g/mol. The van der Waals surface area contributed by atoms with Crippen LogP contribution in [0.4, 0.5) is 0 Å². The molecule has 4 aliphatic rings. The van der Waals surface area contributed by atoms with Crippen molar-refractivity contribution in [1.82, 2.24) is 0 Å². The lowest BCUT2D eigenvalue weighted by molar-refractivity contribution is 0.330. The summed E-state index contributed by atoms with van der Waals surface area (Å²) in [5.74, 6) is 0. The Labute approximate surface area is 154 Å². The van der Waals surface area contributed by atoms with Crippen LogP contribution in [0.25, 0.3) is 0 Å². The van der Waals surface area contributed by atoms with Crippen LogP contribution in [0.15, 0.2) is 117 Å². The van der Waals surface area contributed by atoms with E-state index in [9.17, 15) is 10.2 Å². The molecule has 0 aromatic carbocycles.